The lowest BCUT2D eigenvalue weighted by Crippen LogP contribution is -2.35. The van der Waals surface area contributed by atoms with Crippen LogP contribution in [-0.2, 0) is 9.59 Å². The third-order valence-corrected chi connectivity index (χ3v) is 3.19. The molecule has 5 nitrogen and oxygen atoms in total. The molecule has 0 aromatic carbocycles. The minimum Gasteiger partial charge on any atom is -0.263 e. The van der Waals surface area contributed by atoms with Gasteiger partial charge in [0.05, 0.1) is 0 Å². The van der Waals surface area contributed by atoms with Gasteiger partial charge >= 0.3 is 17.8 Å². The SMILES string of the molecule is CC(S)CCN1C(=O)C(=O)N(CCC(C)S)C1=O. The molecule has 1 saturated heterocycles. The normalized spacial score (nSPS) is 19.7. The number of hydrogen-bond donors (Lipinski definition) is 2. The molecule has 0 spiro atoms. The molecule has 0 aromatic rings. The average molecular weight is 290 g/mol. The lowest BCUT2D eigenvalue weighted by molar-refractivity contribution is -0.143. The van der Waals surface area contributed by atoms with Gasteiger partial charge in [-0.1, -0.05) is 13.8 Å². The van der Waals surface area contributed by atoms with E-state index in [0.29, 0.717) is 12.8 Å². The molecule has 0 N–H and O–H groups in total. The van der Waals surface area contributed by atoms with Gasteiger partial charge in [0.1, 0.15) is 0 Å². The second-order valence-corrected chi connectivity index (χ2v) is 6.23. The Balaban J connectivity index is 2.65. The average Bonchev–Trinajstić information content (AvgIpc) is 2.46. The summed E-state index contributed by atoms with van der Waals surface area (Å²) in [6.07, 6.45) is 1.15. The Kier molecular flexibility index (Phi) is 5.52. The molecule has 4 amide bonds. The van der Waals surface area contributed by atoms with Crippen molar-refractivity contribution < 1.29 is 14.4 Å². The summed E-state index contributed by atoms with van der Waals surface area (Å²) in [5.74, 6) is -1.47. The van der Waals surface area contributed by atoms with Crippen LogP contribution in [0.25, 0.3) is 0 Å². The van der Waals surface area contributed by atoms with Crippen LogP contribution in [-0.4, -0.2) is 51.2 Å². The minimum absolute atomic E-state index is 0.0761. The fourth-order valence-corrected chi connectivity index (χ4v) is 1.81. The fraction of sp³-hybridized carbons (Fsp3) is 0.727. The highest BCUT2D eigenvalue weighted by atomic mass is 32.1. The first-order chi connectivity index (χ1) is 8.34. The Labute approximate surface area is 118 Å². The molecule has 1 aliphatic rings. The van der Waals surface area contributed by atoms with E-state index in [1.54, 1.807) is 0 Å². The highest BCUT2D eigenvalue weighted by molar-refractivity contribution is 7.81. The summed E-state index contributed by atoms with van der Waals surface area (Å²) in [7, 11) is 0. The number of nitrogens with zero attached hydrogens (tertiary/aromatic N) is 2. The molecule has 102 valence electrons. The van der Waals surface area contributed by atoms with Crippen molar-refractivity contribution in [1.82, 2.24) is 9.80 Å². The summed E-state index contributed by atoms with van der Waals surface area (Å²) < 4.78 is 0. The van der Waals surface area contributed by atoms with Crippen molar-refractivity contribution >= 4 is 43.1 Å². The van der Waals surface area contributed by atoms with Gasteiger partial charge in [0, 0.05) is 23.6 Å². The Morgan fingerprint density at radius 2 is 1.22 bits per heavy atom. The first-order valence-electron chi connectivity index (χ1n) is 5.88. The lowest BCUT2D eigenvalue weighted by atomic mass is 10.3. The van der Waals surface area contributed by atoms with Gasteiger partial charge in [-0.05, 0) is 12.8 Å². The summed E-state index contributed by atoms with van der Waals surface area (Å²) in [6.45, 7) is 4.22. The summed E-state index contributed by atoms with van der Waals surface area (Å²) >= 11 is 8.37. The van der Waals surface area contributed by atoms with E-state index in [9.17, 15) is 14.4 Å². The number of rotatable bonds is 6. The monoisotopic (exact) mass is 290 g/mol. The van der Waals surface area contributed by atoms with Crippen molar-refractivity contribution in [2.24, 2.45) is 0 Å². The Morgan fingerprint density at radius 1 is 0.889 bits per heavy atom. The van der Waals surface area contributed by atoms with Gasteiger partial charge in [-0.15, -0.1) is 0 Å². The lowest BCUT2D eigenvalue weighted by Gasteiger charge is -2.16. The van der Waals surface area contributed by atoms with Gasteiger partial charge in [-0.2, -0.15) is 25.3 Å². The van der Waals surface area contributed by atoms with E-state index in [1.807, 2.05) is 13.8 Å². The van der Waals surface area contributed by atoms with E-state index < -0.39 is 17.8 Å². The first kappa shape index (κ1) is 15.4. The molecule has 0 bridgehead atoms. The van der Waals surface area contributed by atoms with Crippen LogP contribution >= 0.6 is 25.3 Å². The zero-order valence-corrected chi connectivity index (χ0v) is 12.3. The van der Waals surface area contributed by atoms with Gasteiger partial charge in [0.25, 0.3) is 0 Å². The largest absolute Gasteiger partial charge is 0.334 e. The molecule has 1 heterocycles. The highest BCUT2D eigenvalue weighted by Gasteiger charge is 2.43. The third kappa shape index (κ3) is 3.65. The molecule has 0 radical (unpaired) electrons. The zero-order chi connectivity index (χ0) is 13.9. The Bertz CT molecular complexity index is 326. The van der Waals surface area contributed by atoms with Crippen LogP contribution in [0.5, 0.6) is 0 Å². The number of amides is 4. The molecule has 1 aliphatic heterocycles. The van der Waals surface area contributed by atoms with E-state index in [0.717, 1.165) is 9.80 Å². The maximum atomic E-state index is 11.9. The van der Waals surface area contributed by atoms with Crippen molar-refractivity contribution in [2.45, 2.75) is 37.2 Å². The molecular formula is C11H18N2O3S2. The van der Waals surface area contributed by atoms with Crippen LogP contribution in [0.4, 0.5) is 4.79 Å². The van der Waals surface area contributed by atoms with Gasteiger partial charge in [0.15, 0.2) is 0 Å². The Hall–Kier alpha value is -0.690. The molecule has 1 rings (SSSR count). The van der Waals surface area contributed by atoms with Crippen LogP contribution < -0.4 is 0 Å². The van der Waals surface area contributed by atoms with Crippen molar-refractivity contribution in [2.75, 3.05) is 13.1 Å². The van der Waals surface area contributed by atoms with E-state index in [1.165, 1.54) is 0 Å². The Morgan fingerprint density at radius 3 is 1.50 bits per heavy atom. The number of carbonyl (C=O) groups excluding carboxylic acids is 3. The molecule has 0 saturated carbocycles. The summed E-state index contributed by atoms with van der Waals surface area (Å²) in [6, 6.07) is -0.520. The number of thiol groups is 2. The van der Waals surface area contributed by atoms with Crippen LogP contribution in [0, 0.1) is 0 Å². The number of hydrogen-bond acceptors (Lipinski definition) is 5. The first-order valence-corrected chi connectivity index (χ1v) is 6.91. The molecular weight excluding hydrogens is 272 g/mol. The van der Waals surface area contributed by atoms with Gasteiger partial charge in [-0.3, -0.25) is 19.4 Å². The van der Waals surface area contributed by atoms with E-state index in [4.69, 9.17) is 0 Å². The fourth-order valence-electron chi connectivity index (χ4n) is 1.58. The molecule has 7 heteroatoms. The van der Waals surface area contributed by atoms with Crippen LogP contribution in [0.15, 0.2) is 0 Å². The van der Waals surface area contributed by atoms with Crippen LogP contribution in [0.1, 0.15) is 26.7 Å². The highest BCUT2D eigenvalue weighted by Crippen LogP contribution is 2.15. The second-order valence-electron chi connectivity index (χ2n) is 4.47. The molecule has 2 atom stereocenters. The van der Waals surface area contributed by atoms with Gasteiger partial charge in [-0.25, -0.2) is 4.79 Å². The van der Waals surface area contributed by atoms with Crippen LogP contribution in [0.2, 0.25) is 0 Å². The minimum atomic E-state index is -0.735. The van der Waals surface area contributed by atoms with E-state index in [-0.39, 0.29) is 23.6 Å². The zero-order valence-electron chi connectivity index (χ0n) is 10.5. The third-order valence-electron chi connectivity index (χ3n) is 2.68. The van der Waals surface area contributed by atoms with E-state index in [2.05, 4.69) is 25.3 Å². The maximum absolute atomic E-state index is 11.9. The molecule has 2 unspecified atom stereocenters. The second kappa shape index (κ2) is 6.47. The molecule has 0 aliphatic carbocycles. The van der Waals surface area contributed by atoms with Crippen LogP contribution in [0.3, 0.4) is 0 Å². The van der Waals surface area contributed by atoms with Gasteiger partial charge in [0.2, 0.25) is 0 Å². The topological polar surface area (TPSA) is 57.7 Å². The number of carbonyl (C=O) groups is 3. The van der Waals surface area contributed by atoms with E-state index >= 15 is 0 Å². The molecule has 1 fully saturated rings. The quantitative estimate of drug-likeness (QED) is 0.439. The summed E-state index contributed by atoms with van der Waals surface area (Å²) in [5.41, 5.74) is 0. The predicted molar refractivity (Wildman–Crippen MR) is 75.0 cm³/mol. The predicted octanol–water partition coefficient (Wildman–Crippen LogP) is 1.19. The van der Waals surface area contributed by atoms with Crippen molar-refractivity contribution in [3.05, 3.63) is 0 Å². The van der Waals surface area contributed by atoms with Crippen molar-refractivity contribution in [1.29, 1.82) is 0 Å². The smallest absolute Gasteiger partial charge is 0.263 e. The number of imide groups is 2. The molecule has 18 heavy (non-hydrogen) atoms. The summed E-state index contributed by atoms with van der Waals surface area (Å²) in [4.78, 5) is 37.2. The number of urea groups is 1. The maximum Gasteiger partial charge on any atom is 0.334 e. The summed E-state index contributed by atoms with van der Waals surface area (Å²) in [5, 5.41) is 0.152. The standard InChI is InChI=1S/C11H18N2O3S2/c1-7(17)3-5-12-9(14)10(15)13(11(12)16)6-4-8(2)18/h7-8,17-18H,3-6H2,1-2H3. The van der Waals surface area contributed by atoms with Crippen molar-refractivity contribution in [3.8, 4) is 0 Å². The van der Waals surface area contributed by atoms with Gasteiger partial charge < -0.3 is 0 Å². The van der Waals surface area contributed by atoms with Crippen molar-refractivity contribution in [3.63, 3.8) is 0 Å². The molecule has 0 aromatic heterocycles.